The molecule has 104 valence electrons. The van der Waals surface area contributed by atoms with Crippen molar-refractivity contribution in [3.8, 4) is 0 Å². The maximum atomic E-state index is 11.5. The van der Waals surface area contributed by atoms with Crippen LogP contribution >= 0.6 is 0 Å². The van der Waals surface area contributed by atoms with Crippen LogP contribution in [0, 0.1) is 0 Å². The number of carbonyl (C=O) groups excluding carboxylic acids is 1. The third kappa shape index (κ3) is 2.51. The first-order valence-corrected chi connectivity index (χ1v) is 5.95. The topological polar surface area (TPSA) is 95.4 Å². The first-order chi connectivity index (χ1) is 9.54. The summed E-state index contributed by atoms with van der Waals surface area (Å²) in [7, 11) is 3.17. The van der Waals surface area contributed by atoms with Crippen molar-refractivity contribution in [1.29, 1.82) is 0 Å². The van der Waals surface area contributed by atoms with Gasteiger partial charge in [0, 0.05) is 19.5 Å². The van der Waals surface area contributed by atoms with E-state index in [1.54, 1.807) is 36.2 Å². The van der Waals surface area contributed by atoms with Gasteiger partial charge in [0.15, 0.2) is 5.69 Å². The molecule has 2 rings (SSSR count). The summed E-state index contributed by atoms with van der Waals surface area (Å²) in [5, 5.41) is 20.0. The Balaban J connectivity index is 2.60. The summed E-state index contributed by atoms with van der Waals surface area (Å²) in [6.07, 6.45) is 0. The molecule has 2 N–H and O–H groups in total. The number of amides is 1. The van der Waals surface area contributed by atoms with Crippen molar-refractivity contribution in [1.82, 2.24) is 15.5 Å². The molecule has 0 aliphatic rings. The molecule has 0 fully saturated rings. The van der Waals surface area contributed by atoms with E-state index >= 15 is 0 Å². The Labute approximate surface area is 115 Å². The van der Waals surface area contributed by atoms with Crippen LogP contribution in [-0.2, 0) is 4.79 Å². The van der Waals surface area contributed by atoms with Gasteiger partial charge in [0.05, 0.1) is 17.7 Å². The number of aromatic carboxylic acids is 1. The van der Waals surface area contributed by atoms with E-state index in [0.717, 1.165) is 0 Å². The van der Waals surface area contributed by atoms with Gasteiger partial charge >= 0.3 is 5.97 Å². The monoisotopic (exact) mass is 274 g/mol. The molecular formula is C13H14N4O3. The third-order valence-electron chi connectivity index (χ3n) is 2.89. The number of nitrogens with zero attached hydrogens (tertiary/aromatic N) is 3. The number of hydrogen-bond acceptors (Lipinski definition) is 5. The van der Waals surface area contributed by atoms with Crippen molar-refractivity contribution in [3.63, 3.8) is 0 Å². The van der Waals surface area contributed by atoms with E-state index in [0.29, 0.717) is 16.6 Å². The fourth-order valence-corrected chi connectivity index (χ4v) is 1.94. The molecule has 0 radical (unpaired) electrons. The van der Waals surface area contributed by atoms with E-state index in [9.17, 15) is 14.7 Å². The summed E-state index contributed by atoms with van der Waals surface area (Å²) in [6.45, 7) is 0.0342. The quantitative estimate of drug-likeness (QED) is 0.843. The van der Waals surface area contributed by atoms with Gasteiger partial charge in [-0.1, -0.05) is 18.2 Å². The predicted octanol–water partition coefficient (Wildman–Crippen LogP) is 0.510. The summed E-state index contributed by atoms with van der Waals surface area (Å²) in [4.78, 5) is 24.3. The number of carboxylic acid groups (broad SMARTS) is 1. The van der Waals surface area contributed by atoms with Crippen molar-refractivity contribution < 1.29 is 14.7 Å². The molecule has 0 atom stereocenters. The summed E-state index contributed by atoms with van der Waals surface area (Å²) in [5.41, 5.74) is 0.790. The number of likely N-dealkylation sites (N-methyl/N-ethyl adjacent to an activating group) is 2. The first kappa shape index (κ1) is 13.7. The second-order valence-corrected chi connectivity index (χ2v) is 4.25. The largest absolute Gasteiger partial charge is 0.476 e. The summed E-state index contributed by atoms with van der Waals surface area (Å²) in [6, 6.07) is 7.07. The fourth-order valence-electron chi connectivity index (χ4n) is 1.94. The van der Waals surface area contributed by atoms with Crippen LogP contribution in [0.5, 0.6) is 0 Å². The van der Waals surface area contributed by atoms with E-state index in [1.165, 1.54) is 7.05 Å². The zero-order valence-electron chi connectivity index (χ0n) is 11.1. The van der Waals surface area contributed by atoms with Crippen LogP contribution in [0.1, 0.15) is 10.5 Å². The number of hydrogen-bond donors (Lipinski definition) is 2. The highest BCUT2D eigenvalue weighted by atomic mass is 16.4. The van der Waals surface area contributed by atoms with E-state index in [4.69, 9.17) is 0 Å². The Bertz CT molecular complexity index is 672. The lowest BCUT2D eigenvalue weighted by Crippen LogP contribution is -2.34. The van der Waals surface area contributed by atoms with Gasteiger partial charge in [-0.2, -0.15) is 0 Å². The predicted molar refractivity (Wildman–Crippen MR) is 73.8 cm³/mol. The zero-order chi connectivity index (χ0) is 14.7. The highest BCUT2D eigenvalue weighted by Gasteiger charge is 2.20. The SMILES string of the molecule is CNC(=O)CN(C)c1c(C(=O)O)nnc2ccccc12. The van der Waals surface area contributed by atoms with Crippen LogP contribution in [-0.4, -0.2) is 47.8 Å². The molecule has 0 aliphatic carbocycles. The third-order valence-corrected chi connectivity index (χ3v) is 2.89. The van der Waals surface area contributed by atoms with E-state index < -0.39 is 5.97 Å². The van der Waals surface area contributed by atoms with E-state index in [2.05, 4.69) is 15.5 Å². The minimum Gasteiger partial charge on any atom is -0.476 e. The van der Waals surface area contributed by atoms with Gasteiger partial charge in [-0.15, -0.1) is 10.2 Å². The zero-order valence-corrected chi connectivity index (χ0v) is 11.1. The van der Waals surface area contributed by atoms with Crippen LogP contribution in [0.15, 0.2) is 24.3 Å². The minimum atomic E-state index is -1.18. The van der Waals surface area contributed by atoms with Gasteiger partial charge in [-0.05, 0) is 6.07 Å². The van der Waals surface area contributed by atoms with Crippen LogP contribution in [0.25, 0.3) is 10.9 Å². The van der Waals surface area contributed by atoms with Gasteiger partial charge in [0.2, 0.25) is 5.91 Å². The molecular weight excluding hydrogens is 260 g/mol. The first-order valence-electron chi connectivity index (χ1n) is 5.95. The number of anilines is 1. The normalized spacial score (nSPS) is 10.3. The Kier molecular flexibility index (Phi) is 3.79. The van der Waals surface area contributed by atoms with Gasteiger partial charge in [0.1, 0.15) is 0 Å². The fraction of sp³-hybridized carbons (Fsp3) is 0.231. The van der Waals surface area contributed by atoms with Gasteiger partial charge in [-0.25, -0.2) is 4.79 Å². The number of benzene rings is 1. The van der Waals surface area contributed by atoms with Crippen LogP contribution in [0.3, 0.4) is 0 Å². The molecule has 1 amide bonds. The average molecular weight is 274 g/mol. The molecule has 2 aromatic rings. The molecule has 0 bridgehead atoms. The lowest BCUT2D eigenvalue weighted by molar-refractivity contribution is -0.119. The number of fused-ring (bicyclic) bond motifs is 1. The highest BCUT2D eigenvalue weighted by Crippen LogP contribution is 2.27. The molecule has 7 nitrogen and oxygen atoms in total. The van der Waals surface area contributed by atoms with Crippen molar-refractivity contribution in [3.05, 3.63) is 30.0 Å². The molecule has 1 heterocycles. The van der Waals surface area contributed by atoms with Crippen molar-refractivity contribution >= 4 is 28.5 Å². The Morgan fingerprint density at radius 3 is 2.65 bits per heavy atom. The number of carboxylic acids is 1. The van der Waals surface area contributed by atoms with Crippen LogP contribution < -0.4 is 10.2 Å². The number of nitrogens with one attached hydrogen (secondary N) is 1. The van der Waals surface area contributed by atoms with Crippen molar-refractivity contribution in [2.75, 3.05) is 25.5 Å². The number of rotatable bonds is 4. The average Bonchev–Trinajstić information content (AvgIpc) is 2.45. The van der Waals surface area contributed by atoms with Gasteiger partial charge < -0.3 is 15.3 Å². The molecule has 0 aliphatic heterocycles. The molecule has 0 saturated carbocycles. The Morgan fingerprint density at radius 1 is 1.30 bits per heavy atom. The standard InChI is InChI=1S/C13H14N4O3/c1-14-10(18)7-17(2)12-8-5-3-4-6-9(8)15-16-11(12)13(19)20/h3-6H,7H2,1-2H3,(H,14,18)(H,19,20). The van der Waals surface area contributed by atoms with Crippen LogP contribution in [0.4, 0.5) is 5.69 Å². The number of carbonyl (C=O) groups is 2. The van der Waals surface area contributed by atoms with Gasteiger partial charge in [0.25, 0.3) is 0 Å². The molecule has 1 aromatic heterocycles. The van der Waals surface area contributed by atoms with Crippen LogP contribution in [0.2, 0.25) is 0 Å². The lowest BCUT2D eigenvalue weighted by Gasteiger charge is -2.21. The molecule has 0 saturated heterocycles. The second kappa shape index (κ2) is 5.52. The summed E-state index contributed by atoms with van der Waals surface area (Å²) < 4.78 is 0. The molecule has 1 aromatic carbocycles. The molecule has 20 heavy (non-hydrogen) atoms. The summed E-state index contributed by atoms with van der Waals surface area (Å²) >= 11 is 0. The maximum absolute atomic E-state index is 11.5. The number of aromatic nitrogens is 2. The maximum Gasteiger partial charge on any atom is 0.358 e. The lowest BCUT2D eigenvalue weighted by atomic mass is 10.1. The molecule has 0 spiro atoms. The van der Waals surface area contributed by atoms with E-state index in [-0.39, 0.29) is 18.1 Å². The smallest absolute Gasteiger partial charge is 0.358 e. The highest BCUT2D eigenvalue weighted by molar-refractivity contribution is 6.03. The molecule has 0 unspecified atom stereocenters. The van der Waals surface area contributed by atoms with Crippen molar-refractivity contribution in [2.45, 2.75) is 0 Å². The Morgan fingerprint density at radius 2 is 2.00 bits per heavy atom. The van der Waals surface area contributed by atoms with Crippen molar-refractivity contribution in [2.24, 2.45) is 0 Å². The summed E-state index contributed by atoms with van der Waals surface area (Å²) in [5.74, 6) is -1.40. The van der Waals surface area contributed by atoms with Gasteiger partial charge in [-0.3, -0.25) is 4.79 Å². The minimum absolute atomic E-state index is 0.0342. The second-order valence-electron chi connectivity index (χ2n) is 4.25. The van der Waals surface area contributed by atoms with E-state index in [1.807, 2.05) is 0 Å². The molecule has 7 heteroatoms. The Hall–Kier alpha value is -2.70.